The normalized spacial score (nSPS) is 16.7. The van der Waals surface area contributed by atoms with E-state index in [4.69, 9.17) is 9.84 Å². The number of nitrogens with zero attached hydrogens (tertiary/aromatic N) is 3. The number of hydrogen-bond acceptors (Lipinski definition) is 5. The van der Waals surface area contributed by atoms with E-state index in [9.17, 15) is 4.79 Å². The van der Waals surface area contributed by atoms with Crippen molar-refractivity contribution in [2.24, 2.45) is 0 Å². The van der Waals surface area contributed by atoms with E-state index in [0.29, 0.717) is 19.0 Å². The van der Waals surface area contributed by atoms with Crippen molar-refractivity contribution >= 4 is 48.9 Å². The third-order valence-electron chi connectivity index (χ3n) is 3.43. The molecule has 0 unspecified atom stereocenters. The molecule has 0 spiro atoms. The van der Waals surface area contributed by atoms with Gasteiger partial charge in [-0.2, -0.15) is 0 Å². The summed E-state index contributed by atoms with van der Waals surface area (Å²) in [7, 11) is 0. The van der Waals surface area contributed by atoms with Crippen LogP contribution < -0.4 is 10.1 Å². The lowest BCUT2D eigenvalue weighted by molar-refractivity contribution is 0.0223. The number of carbonyl (C=O) groups is 1. The SMILES string of the molecule is Cl.Cl.Cl.O=C(O)N1CC(Oc2nccnc2C2=CCNCC2)C1. The van der Waals surface area contributed by atoms with Crippen molar-refractivity contribution in [2.45, 2.75) is 12.5 Å². The molecule has 1 saturated heterocycles. The van der Waals surface area contributed by atoms with Gasteiger partial charge in [0.25, 0.3) is 0 Å². The monoisotopic (exact) mass is 384 g/mol. The Labute approximate surface area is 152 Å². The Hall–Kier alpha value is -1.28. The van der Waals surface area contributed by atoms with E-state index in [1.165, 1.54) is 4.90 Å². The zero-order valence-electron chi connectivity index (χ0n) is 12.2. The predicted molar refractivity (Wildman–Crippen MR) is 93.3 cm³/mol. The van der Waals surface area contributed by atoms with Crippen LogP contribution in [-0.2, 0) is 0 Å². The van der Waals surface area contributed by atoms with Crippen LogP contribution >= 0.6 is 37.2 Å². The van der Waals surface area contributed by atoms with Gasteiger partial charge in [0.15, 0.2) is 0 Å². The second-order valence-electron chi connectivity index (χ2n) is 4.82. The summed E-state index contributed by atoms with van der Waals surface area (Å²) < 4.78 is 5.78. The molecule has 0 aromatic carbocycles. The molecule has 0 saturated carbocycles. The maximum Gasteiger partial charge on any atom is 0.407 e. The van der Waals surface area contributed by atoms with E-state index in [-0.39, 0.29) is 43.3 Å². The smallest absolute Gasteiger partial charge is 0.407 e. The Kier molecular flexibility index (Phi) is 9.23. The Morgan fingerprint density at radius 1 is 1.26 bits per heavy atom. The van der Waals surface area contributed by atoms with Crippen LogP contribution in [0.1, 0.15) is 12.1 Å². The van der Waals surface area contributed by atoms with Gasteiger partial charge < -0.3 is 20.1 Å². The molecular formula is C13H19Cl3N4O3. The molecule has 0 radical (unpaired) electrons. The lowest BCUT2D eigenvalue weighted by Crippen LogP contribution is -2.55. The summed E-state index contributed by atoms with van der Waals surface area (Å²) in [5.41, 5.74) is 1.89. The third-order valence-corrected chi connectivity index (χ3v) is 3.43. The Morgan fingerprint density at radius 3 is 2.57 bits per heavy atom. The van der Waals surface area contributed by atoms with Gasteiger partial charge in [0, 0.05) is 18.9 Å². The standard InChI is InChI=1S/C13H16N4O3.3ClH/c18-13(19)17-7-10(8-17)20-12-11(15-5-6-16-12)9-1-3-14-4-2-9;;;/h1,5-6,10,14H,2-4,7-8H2,(H,18,19);3*1H. The molecule has 10 heteroatoms. The number of hydrogen-bond donors (Lipinski definition) is 2. The molecule has 7 nitrogen and oxygen atoms in total. The number of ether oxygens (including phenoxy) is 1. The lowest BCUT2D eigenvalue weighted by Gasteiger charge is -2.36. The first-order chi connectivity index (χ1) is 9.74. The van der Waals surface area contributed by atoms with Crippen LogP contribution in [0.15, 0.2) is 18.5 Å². The first-order valence-electron chi connectivity index (χ1n) is 6.59. The van der Waals surface area contributed by atoms with Crippen molar-refractivity contribution in [1.29, 1.82) is 0 Å². The van der Waals surface area contributed by atoms with Crippen LogP contribution in [0, 0.1) is 0 Å². The van der Waals surface area contributed by atoms with Crippen molar-refractivity contribution in [2.75, 3.05) is 26.2 Å². The quantitative estimate of drug-likeness (QED) is 0.826. The predicted octanol–water partition coefficient (Wildman–Crippen LogP) is 1.86. The zero-order chi connectivity index (χ0) is 13.9. The van der Waals surface area contributed by atoms with E-state index in [1.54, 1.807) is 12.4 Å². The maximum absolute atomic E-state index is 10.7. The summed E-state index contributed by atoms with van der Waals surface area (Å²) in [5, 5.41) is 12.0. The molecule has 2 aliphatic rings. The molecule has 1 amide bonds. The van der Waals surface area contributed by atoms with Crippen molar-refractivity contribution in [3.63, 3.8) is 0 Å². The molecule has 3 heterocycles. The largest absolute Gasteiger partial charge is 0.469 e. The highest BCUT2D eigenvalue weighted by molar-refractivity contribution is 5.86. The third kappa shape index (κ3) is 5.10. The van der Waals surface area contributed by atoms with Crippen LogP contribution in [0.2, 0.25) is 0 Å². The average molecular weight is 386 g/mol. The van der Waals surface area contributed by atoms with E-state index < -0.39 is 6.09 Å². The fourth-order valence-corrected chi connectivity index (χ4v) is 2.30. The number of likely N-dealkylation sites (tertiary alicyclic amines) is 1. The fourth-order valence-electron chi connectivity index (χ4n) is 2.30. The summed E-state index contributed by atoms with van der Waals surface area (Å²) in [6, 6.07) is 0. The molecule has 23 heavy (non-hydrogen) atoms. The van der Waals surface area contributed by atoms with E-state index >= 15 is 0 Å². The topological polar surface area (TPSA) is 87.6 Å². The van der Waals surface area contributed by atoms with Crippen molar-refractivity contribution in [3.8, 4) is 5.88 Å². The van der Waals surface area contributed by atoms with Gasteiger partial charge in [-0.3, -0.25) is 0 Å². The van der Waals surface area contributed by atoms with Crippen molar-refractivity contribution < 1.29 is 14.6 Å². The van der Waals surface area contributed by atoms with E-state index in [2.05, 4.69) is 21.4 Å². The first-order valence-corrected chi connectivity index (χ1v) is 6.59. The molecule has 0 aliphatic carbocycles. The highest BCUT2D eigenvalue weighted by Crippen LogP contribution is 2.26. The van der Waals surface area contributed by atoms with Gasteiger partial charge >= 0.3 is 6.09 Å². The lowest BCUT2D eigenvalue weighted by atomic mass is 10.1. The minimum absolute atomic E-state index is 0. The number of rotatable bonds is 3. The minimum atomic E-state index is -0.912. The van der Waals surface area contributed by atoms with Gasteiger partial charge in [-0.1, -0.05) is 6.08 Å². The molecule has 1 aromatic rings. The molecule has 1 aromatic heterocycles. The van der Waals surface area contributed by atoms with Crippen LogP contribution in [0.4, 0.5) is 4.79 Å². The zero-order valence-corrected chi connectivity index (χ0v) is 14.6. The number of nitrogens with one attached hydrogen (secondary N) is 1. The van der Waals surface area contributed by atoms with Gasteiger partial charge in [0.2, 0.25) is 5.88 Å². The molecular weight excluding hydrogens is 367 g/mol. The van der Waals surface area contributed by atoms with E-state index in [0.717, 1.165) is 30.8 Å². The molecule has 3 rings (SSSR count). The molecule has 1 fully saturated rings. The van der Waals surface area contributed by atoms with Crippen molar-refractivity contribution in [1.82, 2.24) is 20.2 Å². The number of halogens is 3. The van der Waals surface area contributed by atoms with Crippen LogP contribution in [0.5, 0.6) is 5.88 Å². The highest BCUT2D eigenvalue weighted by atomic mass is 35.5. The summed E-state index contributed by atoms with van der Waals surface area (Å²) in [4.78, 5) is 20.6. The van der Waals surface area contributed by atoms with E-state index in [1.807, 2.05) is 0 Å². The van der Waals surface area contributed by atoms with Gasteiger partial charge in [0.1, 0.15) is 11.8 Å². The van der Waals surface area contributed by atoms with Crippen molar-refractivity contribution in [3.05, 3.63) is 24.2 Å². The Balaban J connectivity index is 0.00000161. The highest BCUT2D eigenvalue weighted by Gasteiger charge is 2.33. The first kappa shape index (κ1) is 21.7. The van der Waals surface area contributed by atoms with Gasteiger partial charge in [-0.15, -0.1) is 37.2 Å². The summed E-state index contributed by atoms with van der Waals surface area (Å²) in [5.74, 6) is 0.496. The fraction of sp³-hybridized carbons (Fsp3) is 0.462. The van der Waals surface area contributed by atoms with Crippen LogP contribution in [0.25, 0.3) is 5.57 Å². The molecule has 0 atom stereocenters. The van der Waals surface area contributed by atoms with Gasteiger partial charge in [-0.05, 0) is 18.5 Å². The maximum atomic E-state index is 10.7. The van der Waals surface area contributed by atoms with Crippen LogP contribution in [-0.4, -0.2) is 58.4 Å². The van der Waals surface area contributed by atoms with Gasteiger partial charge in [0.05, 0.1) is 13.1 Å². The second-order valence-corrected chi connectivity index (χ2v) is 4.82. The number of aromatic nitrogens is 2. The number of carboxylic acid groups (broad SMARTS) is 1. The molecule has 130 valence electrons. The second kappa shape index (κ2) is 9.77. The molecule has 0 bridgehead atoms. The summed E-state index contributed by atoms with van der Waals surface area (Å²) >= 11 is 0. The number of amides is 1. The molecule has 2 N–H and O–H groups in total. The average Bonchev–Trinajstić information content (AvgIpc) is 2.43. The minimum Gasteiger partial charge on any atom is -0.469 e. The summed E-state index contributed by atoms with van der Waals surface area (Å²) in [6.07, 6.45) is 5.17. The summed E-state index contributed by atoms with van der Waals surface area (Å²) in [6.45, 7) is 2.50. The van der Waals surface area contributed by atoms with Crippen LogP contribution in [0.3, 0.4) is 0 Å². The Morgan fingerprint density at radius 2 is 1.96 bits per heavy atom. The molecule has 2 aliphatic heterocycles. The van der Waals surface area contributed by atoms with Gasteiger partial charge in [-0.25, -0.2) is 14.8 Å². The Bertz CT molecular complexity index is 553.